The van der Waals surface area contributed by atoms with Gasteiger partial charge in [0.15, 0.2) is 0 Å². The van der Waals surface area contributed by atoms with E-state index in [9.17, 15) is 0 Å². The van der Waals surface area contributed by atoms with Gasteiger partial charge in [-0.2, -0.15) is 0 Å². The van der Waals surface area contributed by atoms with E-state index < -0.39 is 0 Å². The van der Waals surface area contributed by atoms with Gasteiger partial charge in [0.2, 0.25) is 0 Å². The molecule has 3 rings (SSSR count). The standard InChI is InChI=1S/C16H26N4/c1-13-4-5-14(12-17)16(18-13)20-10-6-15(7-11-20)19-8-2-3-9-19/h4-5,15H,2-3,6-12,17H2,1H3. The lowest BCUT2D eigenvalue weighted by molar-refractivity contribution is 0.207. The van der Waals surface area contributed by atoms with E-state index in [4.69, 9.17) is 10.7 Å². The Morgan fingerprint density at radius 1 is 1.15 bits per heavy atom. The van der Waals surface area contributed by atoms with Crippen molar-refractivity contribution in [1.29, 1.82) is 0 Å². The zero-order chi connectivity index (χ0) is 13.9. The molecule has 4 nitrogen and oxygen atoms in total. The minimum Gasteiger partial charge on any atom is -0.356 e. The summed E-state index contributed by atoms with van der Waals surface area (Å²) in [5.74, 6) is 1.12. The number of piperidine rings is 1. The van der Waals surface area contributed by atoms with Gasteiger partial charge in [-0.15, -0.1) is 0 Å². The highest BCUT2D eigenvalue weighted by Crippen LogP contribution is 2.26. The molecule has 2 N–H and O–H groups in total. The molecule has 4 heteroatoms. The van der Waals surface area contributed by atoms with Crippen molar-refractivity contribution in [3.63, 3.8) is 0 Å². The molecule has 0 aliphatic carbocycles. The van der Waals surface area contributed by atoms with Gasteiger partial charge in [-0.1, -0.05) is 6.07 Å². The number of likely N-dealkylation sites (tertiary alicyclic amines) is 1. The first-order valence-corrected chi connectivity index (χ1v) is 7.93. The Morgan fingerprint density at radius 3 is 2.50 bits per heavy atom. The molecule has 20 heavy (non-hydrogen) atoms. The topological polar surface area (TPSA) is 45.4 Å². The summed E-state index contributed by atoms with van der Waals surface area (Å²) in [7, 11) is 0. The number of nitrogens with zero attached hydrogens (tertiary/aromatic N) is 3. The van der Waals surface area contributed by atoms with E-state index in [1.54, 1.807) is 0 Å². The molecule has 0 amide bonds. The van der Waals surface area contributed by atoms with E-state index in [0.29, 0.717) is 6.54 Å². The van der Waals surface area contributed by atoms with Crippen LogP contribution in [-0.4, -0.2) is 42.1 Å². The second-order valence-corrected chi connectivity index (χ2v) is 6.10. The van der Waals surface area contributed by atoms with Crippen LogP contribution in [0.5, 0.6) is 0 Å². The van der Waals surface area contributed by atoms with Crippen LogP contribution in [0.25, 0.3) is 0 Å². The van der Waals surface area contributed by atoms with E-state index >= 15 is 0 Å². The number of aryl methyl sites for hydroxylation is 1. The molecule has 1 aromatic heterocycles. The normalized spacial score (nSPS) is 21.6. The maximum Gasteiger partial charge on any atom is 0.133 e. The molecule has 0 saturated carbocycles. The van der Waals surface area contributed by atoms with Gasteiger partial charge in [-0.05, 0) is 51.8 Å². The van der Waals surface area contributed by atoms with Crippen LogP contribution >= 0.6 is 0 Å². The van der Waals surface area contributed by atoms with E-state index in [2.05, 4.69) is 28.9 Å². The smallest absolute Gasteiger partial charge is 0.133 e. The van der Waals surface area contributed by atoms with E-state index in [1.165, 1.54) is 44.3 Å². The molecule has 0 radical (unpaired) electrons. The van der Waals surface area contributed by atoms with Gasteiger partial charge in [0, 0.05) is 36.9 Å². The van der Waals surface area contributed by atoms with Crippen molar-refractivity contribution >= 4 is 5.82 Å². The van der Waals surface area contributed by atoms with Crippen molar-refractivity contribution < 1.29 is 0 Å². The minimum absolute atomic E-state index is 0.578. The van der Waals surface area contributed by atoms with Crippen LogP contribution in [0, 0.1) is 6.92 Å². The molecule has 0 unspecified atom stereocenters. The summed E-state index contributed by atoms with van der Waals surface area (Å²) in [5.41, 5.74) is 8.12. The molecule has 2 fully saturated rings. The van der Waals surface area contributed by atoms with Crippen LogP contribution in [0.4, 0.5) is 5.82 Å². The second-order valence-electron chi connectivity index (χ2n) is 6.10. The zero-order valence-corrected chi connectivity index (χ0v) is 12.5. The quantitative estimate of drug-likeness (QED) is 0.914. The van der Waals surface area contributed by atoms with Crippen LogP contribution in [0.3, 0.4) is 0 Å². The summed E-state index contributed by atoms with van der Waals surface area (Å²) in [5, 5.41) is 0. The number of rotatable bonds is 3. The molecule has 2 aliphatic heterocycles. The monoisotopic (exact) mass is 274 g/mol. The first-order valence-electron chi connectivity index (χ1n) is 7.93. The predicted octanol–water partition coefficient (Wildman–Crippen LogP) is 1.91. The Kier molecular flexibility index (Phi) is 4.22. The molecule has 110 valence electrons. The first-order chi connectivity index (χ1) is 9.78. The molecule has 3 heterocycles. The Bertz CT molecular complexity index is 446. The number of anilines is 1. The molecular formula is C16H26N4. The highest BCUT2D eigenvalue weighted by atomic mass is 15.2. The molecule has 2 saturated heterocycles. The second kappa shape index (κ2) is 6.10. The maximum atomic E-state index is 5.86. The van der Waals surface area contributed by atoms with Gasteiger partial charge in [0.1, 0.15) is 5.82 Å². The largest absolute Gasteiger partial charge is 0.356 e. The summed E-state index contributed by atoms with van der Waals surface area (Å²) in [4.78, 5) is 9.84. The fourth-order valence-electron chi connectivity index (χ4n) is 3.55. The van der Waals surface area contributed by atoms with Gasteiger partial charge in [-0.3, -0.25) is 0 Å². The Morgan fingerprint density at radius 2 is 1.85 bits per heavy atom. The first kappa shape index (κ1) is 13.8. The van der Waals surface area contributed by atoms with Crippen LogP contribution < -0.4 is 10.6 Å². The fourth-order valence-corrected chi connectivity index (χ4v) is 3.55. The average molecular weight is 274 g/mol. The van der Waals surface area contributed by atoms with Gasteiger partial charge in [-0.25, -0.2) is 4.98 Å². The number of nitrogens with two attached hydrogens (primary N) is 1. The summed E-state index contributed by atoms with van der Waals surface area (Å²) in [6.45, 7) is 7.48. The molecule has 0 bridgehead atoms. The Labute approximate surface area is 122 Å². The van der Waals surface area contributed by atoms with Crippen molar-refractivity contribution in [3.8, 4) is 0 Å². The lowest BCUT2D eigenvalue weighted by atomic mass is 10.0. The van der Waals surface area contributed by atoms with Crippen molar-refractivity contribution in [2.24, 2.45) is 5.73 Å². The summed E-state index contributed by atoms with van der Waals surface area (Å²) in [6, 6.07) is 4.98. The summed E-state index contributed by atoms with van der Waals surface area (Å²) < 4.78 is 0. The lowest BCUT2D eigenvalue weighted by Gasteiger charge is -2.37. The van der Waals surface area contributed by atoms with Crippen LogP contribution in [-0.2, 0) is 6.54 Å². The molecule has 0 spiro atoms. The lowest BCUT2D eigenvalue weighted by Crippen LogP contribution is -2.44. The van der Waals surface area contributed by atoms with Crippen molar-refractivity contribution in [3.05, 3.63) is 23.4 Å². The highest BCUT2D eigenvalue weighted by Gasteiger charge is 2.27. The van der Waals surface area contributed by atoms with Gasteiger partial charge < -0.3 is 15.5 Å². The minimum atomic E-state index is 0.578. The molecule has 0 atom stereocenters. The average Bonchev–Trinajstić information content (AvgIpc) is 3.02. The van der Waals surface area contributed by atoms with E-state index in [1.807, 2.05) is 0 Å². The molecular weight excluding hydrogens is 248 g/mol. The third kappa shape index (κ3) is 2.81. The summed E-state index contributed by atoms with van der Waals surface area (Å²) >= 11 is 0. The van der Waals surface area contributed by atoms with E-state index in [0.717, 1.165) is 30.6 Å². The summed E-state index contributed by atoms with van der Waals surface area (Å²) in [6.07, 6.45) is 5.30. The van der Waals surface area contributed by atoms with Crippen molar-refractivity contribution in [2.45, 2.75) is 45.2 Å². The molecule has 1 aromatic rings. The van der Waals surface area contributed by atoms with Gasteiger partial charge >= 0.3 is 0 Å². The highest BCUT2D eigenvalue weighted by molar-refractivity contribution is 5.48. The zero-order valence-electron chi connectivity index (χ0n) is 12.5. The van der Waals surface area contributed by atoms with Gasteiger partial charge in [0.05, 0.1) is 0 Å². The fraction of sp³-hybridized carbons (Fsp3) is 0.688. The number of pyridine rings is 1. The molecule has 2 aliphatic rings. The van der Waals surface area contributed by atoms with Crippen LogP contribution in [0.15, 0.2) is 12.1 Å². The molecule has 0 aromatic carbocycles. The van der Waals surface area contributed by atoms with Crippen LogP contribution in [0.2, 0.25) is 0 Å². The Balaban J connectivity index is 1.67. The third-order valence-electron chi connectivity index (χ3n) is 4.74. The number of aromatic nitrogens is 1. The Hall–Kier alpha value is -1.13. The van der Waals surface area contributed by atoms with Crippen molar-refractivity contribution in [2.75, 3.05) is 31.1 Å². The predicted molar refractivity (Wildman–Crippen MR) is 82.9 cm³/mol. The van der Waals surface area contributed by atoms with Crippen molar-refractivity contribution in [1.82, 2.24) is 9.88 Å². The van der Waals surface area contributed by atoms with E-state index in [-0.39, 0.29) is 0 Å². The van der Waals surface area contributed by atoms with Gasteiger partial charge in [0.25, 0.3) is 0 Å². The number of hydrogen-bond acceptors (Lipinski definition) is 4. The van der Waals surface area contributed by atoms with Crippen LogP contribution in [0.1, 0.15) is 36.9 Å². The SMILES string of the molecule is Cc1ccc(CN)c(N2CCC(N3CCCC3)CC2)n1. The third-order valence-corrected chi connectivity index (χ3v) is 4.74. The maximum absolute atomic E-state index is 5.86. The number of hydrogen-bond donors (Lipinski definition) is 1.